The van der Waals surface area contributed by atoms with E-state index in [2.05, 4.69) is 4.98 Å². The summed E-state index contributed by atoms with van der Waals surface area (Å²) in [5, 5.41) is 0. The Kier molecular flexibility index (Phi) is 6.82. The van der Waals surface area contributed by atoms with Crippen LogP contribution in [0.4, 0.5) is 13.6 Å². The first-order valence-electron chi connectivity index (χ1n) is 11.5. The Morgan fingerprint density at radius 2 is 1.89 bits per heavy atom. The first kappa shape index (κ1) is 26.0. The predicted molar refractivity (Wildman–Crippen MR) is 130 cm³/mol. The third-order valence-corrected chi connectivity index (χ3v) is 6.86. The fourth-order valence-corrected chi connectivity index (χ4v) is 4.77. The molecular formula is C25H29F2N3O5S. The smallest absolute Gasteiger partial charge is 0.410 e. The number of aryl methyl sites for hydroxylation is 1. The highest BCUT2D eigenvalue weighted by Crippen LogP contribution is 2.33. The molecule has 0 unspecified atom stereocenters. The first-order chi connectivity index (χ1) is 16.7. The summed E-state index contributed by atoms with van der Waals surface area (Å²) in [5.41, 5.74) is 0.845. The van der Waals surface area contributed by atoms with Crippen LogP contribution in [-0.4, -0.2) is 66.5 Å². The van der Waals surface area contributed by atoms with Gasteiger partial charge in [0.15, 0.2) is 9.84 Å². The zero-order valence-electron chi connectivity index (χ0n) is 20.8. The van der Waals surface area contributed by atoms with E-state index < -0.39 is 49.7 Å². The van der Waals surface area contributed by atoms with Crippen molar-refractivity contribution in [2.45, 2.75) is 50.7 Å². The third kappa shape index (κ3) is 5.52. The molecule has 0 saturated carbocycles. The van der Waals surface area contributed by atoms with Crippen LogP contribution in [0.2, 0.25) is 0 Å². The molecule has 1 aliphatic rings. The fraction of sp³-hybridized carbons (Fsp3) is 0.440. The zero-order chi connectivity index (χ0) is 26.4. The summed E-state index contributed by atoms with van der Waals surface area (Å²) >= 11 is 0. The van der Waals surface area contributed by atoms with Crippen LogP contribution >= 0.6 is 0 Å². The molecule has 3 heterocycles. The number of sulfone groups is 1. The minimum atomic E-state index is -3.81. The lowest BCUT2D eigenvalue weighted by Crippen LogP contribution is -2.48. The molecule has 11 heteroatoms. The molecule has 0 N–H and O–H groups in total. The van der Waals surface area contributed by atoms with E-state index in [1.807, 2.05) is 13.0 Å². The highest BCUT2D eigenvalue weighted by Gasteiger charge is 2.31. The quantitative estimate of drug-likeness (QED) is 0.512. The normalized spacial score (nSPS) is 17.0. The number of benzene rings is 1. The van der Waals surface area contributed by atoms with Gasteiger partial charge in [-0.1, -0.05) is 0 Å². The van der Waals surface area contributed by atoms with Crippen LogP contribution in [0, 0.1) is 18.6 Å². The summed E-state index contributed by atoms with van der Waals surface area (Å²) < 4.78 is 67.1. The van der Waals surface area contributed by atoms with Crippen molar-refractivity contribution in [1.82, 2.24) is 14.3 Å². The Balaban J connectivity index is 1.74. The maximum absolute atomic E-state index is 15.2. The highest BCUT2D eigenvalue weighted by molar-refractivity contribution is 7.90. The van der Waals surface area contributed by atoms with Gasteiger partial charge in [0, 0.05) is 25.4 Å². The SMILES string of the molecule is Cc1ccn2c(C[C@H]3CN(C(=O)OC(C)(C)C)CCO3)c(-c3c(F)cc(S(C)(=O)=O)cc3F)nc2c1. The number of ether oxygens (including phenoxy) is 2. The number of morpholine rings is 1. The van der Waals surface area contributed by atoms with E-state index in [0.717, 1.165) is 24.0 Å². The van der Waals surface area contributed by atoms with E-state index in [-0.39, 0.29) is 25.3 Å². The number of aromatic nitrogens is 2. The number of hydrogen-bond donors (Lipinski definition) is 0. The lowest BCUT2D eigenvalue weighted by Gasteiger charge is -2.34. The number of nitrogens with zero attached hydrogens (tertiary/aromatic N) is 3. The standard InChI is InChI=1S/C25H29F2N3O5S/c1-15-6-7-30-20(11-16-14-29(8-9-34-16)24(31)35-25(2,3)4)23(28-21(30)10-15)22-18(26)12-17(13-19(22)27)36(5,32)33/h6-7,10,12-13,16H,8-9,11,14H2,1-5H3/t16-/m0/s1. The average molecular weight is 522 g/mol. The largest absolute Gasteiger partial charge is 0.444 e. The molecule has 0 spiro atoms. The summed E-state index contributed by atoms with van der Waals surface area (Å²) in [5.74, 6) is -2.06. The molecule has 1 aromatic carbocycles. The van der Waals surface area contributed by atoms with Crippen molar-refractivity contribution in [3.05, 3.63) is 53.4 Å². The van der Waals surface area contributed by atoms with Gasteiger partial charge < -0.3 is 18.8 Å². The van der Waals surface area contributed by atoms with Crippen molar-refractivity contribution in [2.24, 2.45) is 0 Å². The van der Waals surface area contributed by atoms with Gasteiger partial charge in [-0.15, -0.1) is 0 Å². The maximum Gasteiger partial charge on any atom is 0.410 e. The molecule has 1 saturated heterocycles. The van der Waals surface area contributed by atoms with E-state index in [0.29, 0.717) is 17.9 Å². The van der Waals surface area contributed by atoms with E-state index >= 15 is 8.78 Å². The number of halogens is 2. The summed E-state index contributed by atoms with van der Waals surface area (Å²) in [6, 6.07) is 5.22. The number of amides is 1. The Morgan fingerprint density at radius 1 is 1.22 bits per heavy atom. The minimum Gasteiger partial charge on any atom is -0.444 e. The number of fused-ring (bicyclic) bond motifs is 1. The molecule has 3 aromatic rings. The number of pyridine rings is 1. The van der Waals surface area contributed by atoms with Gasteiger partial charge in [0.05, 0.1) is 41.1 Å². The lowest BCUT2D eigenvalue weighted by atomic mass is 10.0. The van der Waals surface area contributed by atoms with Gasteiger partial charge in [0.1, 0.15) is 22.9 Å². The Morgan fingerprint density at radius 3 is 2.50 bits per heavy atom. The Hall–Kier alpha value is -3.05. The van der Waals surface area contributed by atoms with Crippen molar-refractivity contribution >= 4 is 21.6 Å². The first-order valence-corrected chi connectivity index (χ1v) is 13.4. The second-order valence-corrected chi connectivity index (χ2v) is 12.0. The van der Waals surface area contributed by atoms with Crippen molar-refractivity contribution in [1.29, 1.82) is 0 Å². The van der Waals surface area contributed by atoms with E-state index in [4.69, 9.17) is 9.47 Å². The molecule has 36 heavy (non-hydrogen) atoms. The number of hydrogen-bond acceptors (Lipinski definition) is 6. The second-order valence-electron chi connectivity index (χ2n) is 10.00. The van der Waals surface area contributed by atoms with Crippen molar-refractivity contribution < 1.29 is 31.5 Å². The van der Waals surface area contributed by atoms with E-state index in [1.54, 1.807) is 42.3 Å². The second kappa shape index (κ2) is 9.44. The summed E-state index contributed by atoms with van der Waals surface area (Å²) in [6.45, 7) is 8.10. The van der Waals surface area contributed by atoms with Gasteiger partial charge >= 0.3 is 6.09 Å². The summed E-state index contributed by atoms with van der Waals surface area (Å²) in [7, 11) is -3.81. The highest BCUT2D eigenvalue weighted by atomic mass is 32.2. The maximum atomic E-state index is 15.2. The Labute approximate surface area is 208 Å². The Bertz CT molecular complexity index is 1410. The monoisotopic (exact) mass is 521 g/mol. The molecule has 194 valence electrons. The van der Waals surface area contributed by atoms with Crippen LogP contribution in [0.1, 0.15) is 32.0 Å². The molecule has 0 aliphatic carbocycles. The third-order valence-electron chi connectivity index (χ3n) is 5.77. The van der Waals surface area contributed by atoms with Crippen LogP contribution in [0.3, 0.4) is 0 Å². The number of imidazole rings is 1. The van der Waals surface area contributed by atoms with Gasteiger partial charge in [-0.3, -0.25) is 0 Å². The van der Waals surface area contributed by atoms with Gasteiger partial charge in [-0.05, 0) is 57.5 Å². The molecule has 0 radical (unpaired) electrons. The average Bonchev–Trinajstić information content (AvgIpc) is 3.08. The molecule has 1 amide bonds. The van der Waals surface area contributed by atoms with Crippen LogP contribution in [-0.2, 0) is 25.7 Å². The molecule has 1 fully saturated rings. The van der Waals surface area contributed by atoms with Gasteiger partial charge in [-0.25, -0.2) is 27.0 Å². The van der Waals surface area contributed by atoms with Crippen LogP contribution < -0.4 is 0 Å². The molecule has 1 atom stereocenters. The molecule has 0 bridgehead atoms. The summed E-state index contributed by atoms with van der Waals surface area (Å²) in [6.07, 6.45) is 1.90. The van der Waals surface area contributed by atoms with Gasteiger partial charge in [0.25, 0.3) is 0 Å². The van der Waals surface area contributed by atoms with Crippen LogP contribution in [0.5, 0.6) is 0 Å². The van der Waals surface area contributed by atoms with Crippen molar-refractivity contribution in [3.63, 3.8) is 0 Å². The molecule has 4 rings (SSSR count). The fourth-order valence-electron chi connectivity index (χ4n) is 4.13. The number of rotatable bonds is 4. The minimum absolute atomic E-state index is 0.0497. The number of carbonyl (C=O) groups is 1. The zero-order valence-corrected chi connectivity index (χ0v) is 21.7. The van der Waals surface area contributed by atoms with E-state index in [9.17, 15) is 13.2 Å². The topological polar surface area (TPSA) is 90.2 Å². The predicted octanol–water partition coefficient (Wildman–Crippen LogP) is 4.17. The number of carbonyl (C=O) groups excluding carboxylic acids is 1. The molecular weight excluding hydrogens is 492 g/mol. The van der Waals surface area contributed by atoms with Gasteiger partial charge in [-0.2, -0.15) is 0 Å². The van der Waals surface area contributed by atoms with Gasteiger partial charge in [0.2, 0.25) is 0 Å². The van der Waals surface area contributed by atoms with Crippen LogP contribution in [0.25, 0.3) is 16.9 Å². The van der Waals surface area contributed by atoms with Crippen molar-refractivity contribution in [2.75, 3.05) is 26.0 Å². The molecule has 2 aromatic heterocycles. The van der Waals surface area contributed by atoms with Crippen LogP contribution in [0.15, 0.2) is 35.4 Å². The molecule has 8 nitrogen and oxygen atoms in total. The summed E-state index contributed by atoms with van der Waals surface area (Å²) in [4.78, 5) is 18.2. The van der Waals surface area contributed by atoms with E-state index in [1.165, 1.54) is 0 Å². The van der Waals surface area contributed by atoms with Crippen molar-refractivity contribution in [3.8, 4) is 11.3 Å². The molecule has 1 aliphatic heterocycles. The lowest BCUT2D eigenvalue weighted by molar-refractivity contribution is -0.0418.